The first-order chi connectivity index (χ1) is 12.0. The topological polar surface area (TPSA) is 101 Å². The van der Waals surface area contributed by atoms with Crippen molar-refractivity contribution in [3.8, 4) is 11.4 Å². The molecule has 0 bridgehead atoms. The number of aliphatic carboxylic acids is 1. The third-order valence-corrected chi connectivity index (χ3v) is 4.68. The number of nitrogens with zero attached hydrogens (tertiary/aromatic N) is 5. The minimum Gasteiger partial charge on any atom is -0.481 e. The van der Waals surface area contributed by atoms with E-state index in [1.165, 1.54) is 4.80 Å². The first kappa shape index (κ1) is 17.1. The van der Waals surface area contributed by atoms with Crippen molar-refractivity contribution in [3.05, 3.63) is 30.3 Å². The second kappa shape index (κ2) is 7.00. The van der Waals surface area contributed by atoms with Crippen LogP contribution in [0.25, 0.3) is 11.4 Å². The van der Waals surface area contributed by atoms with Gasteiger partial charge in [-0.2, -0.15) is 4.80 Å². The first-order valence-electron chi connectivity index (χ1n) is 8.35. The van der Waals surface area contributed by atoms with Crippen molar-refractivity contribution in [1.82, 2.24) is 25.1 Å². The predicted octanol–water partition coefficient (Wildman–Crippen LogP) is 1.61. The Morgan fingerprint density at radius 2 is 1.96 bits per heavy atom. The van der Waals surface area contributed by atoms with Gasteiger partial charge in [-0.25, -0.2) is 0 Å². The summed E-state index contributed by atoms with van der Waals surface area (Å²) in [4.78, 5) is 27.0. The Morgan fingerprint density at radius 3 is 2.64 bits per heavy atom. The zero-order valence-corrected chi connectivity index (χ0v) is 14.2. The first-order valence-corrected chi connectivity index (χ1v) is 8.35. The summed E-state index contributed by atoms with van der Waals surface area (Å²) in [5.41, 5.74) is 0.825. The Balaban J connectivity index is 1.76. The van der Waals surface area contributed by atoms with Crippen LogP contribution in [-0.4, -0.2) is 54.7 Å². The highest BCUT2D eigenvalue weighted by molar-refractivity contribution is 5.81. The van der Waals surface area contributed by atoms with Gasteiger partial charge < -0.3 is 10.0 Å². The average Bonchev–Trinajstić information content (AvgIpc) is 3.11. The molecule has 0 spiro atoms. The van der Waals surface area contributed by atoms with E-state index in [-0.39, 0.29) is 18.5 Å². The van der Waals surface area contributed by atoms with E-state index in [2.05, 4.69) is 15.4 Å². The van der Waals surface area contributed by atoms with Gasteiger partial charge in [0.15, 0.2) is 0 Å². The maximum atomic E-state index is 12.8. The van der Waals surface area contributed by atoms with Crippen molar-refractivity contribution in [2.45, 2.75) is 38.8 Å². The minimum atomic E-state index is -0.859. The molecule has 132 valence electrons. The zero-order chi connectivity index (χ0) is 18.0. The van der Waals surface area contributed by atoms with Crippen LogP contribution in [0.1, 0.15) is 32.7 Å². The quantitative estimate of drug-likeness (QED) is 0.905. The molecule has 2 aromatic rings. The highest BCUT2D eigenvalue weighted by Gasteiger charge is 2.35. The fourth-order valence-electron chi connectivity index (χ4n) is 3.05. The monoisotopic (exact) mass is 343 g/mol. The van der Waals surface area contributed by atoms with Crippen LogP contribution in [0.3, 0.4) is 0 Å². The van der Waals surface area contributed by atoms with Gasteiger partial charge in [-0.3, -0.25) is 9.59 Å². The van der Waals surface area contributed by atoms with Gasteiger partial charge in [0.25, 0.3) is 0 Å². The van der Waals surface area contributed by atoms with E-state index >= 15 is 0 Å². The Hall–Kier alpha value is -2.77. The van der Waals surface area contributed by atoms with Gasteiger partial charge in [-0.1, -0.05) is 30.3 Å². The number of hydrogen-bond donors (Lipinski definition) is 1. The Bertz CT molecular complexity index is 761. The number of carbonyl (C=O) groups is 2. The Kier molecular flexibility index (Phi) is 4.78. The van der Waals surface area contributed by atoms with Crippen molar-refractivity contribution in [1.29, 1.82) is 0 Å². The highest BCUT2D eigenvalue weighted by atomic mass is 16.4. The summed E-state index contributed by atoms with van der Waals surface area (Å²) in [5, 5.41) is 21.6. The Morgan fingerprint density at radius 1 is 1.24 bits per heavy atom. The molecular weight excluding hydrogens is 322 g/mol. The van der Waals surface area contributed by atoms with Crippen LogP contribution in [0.2, 0.25) is 0 Å². The van der Waals surface area contributed by atoms with Gasteiger partial charge in [0.1, 0.15) is 6.04 Å². The van der Waals surface area contributed by atoms with E-state index in [1.807, 2.05) is 37.3 Å². The molecule has 1 aromatic heterocycles. The van der Waals surface area contributed by atoms with Crippen LogP contribution in [0.5, 0.6) is 0 Å². The van der Waals surface area contributed by atoms with Crippen molar-refractivity contribution >= 4 is 11.9 Å². The SMILES string of the molecule is CC1CCC(C(=O)O)CN1C(=O)C(C)n1nnc(-c2ccccc2)n1. The molecule has 8 heteroatoms. The van der Waals surface area contributed by atoms with Crippen LogP contribution in [-0.2, 0) is 9.59 Å². The molecule has 3 unspecified atom stereocenters. The van der Waals surface area contributed by atoms with E-state index < -0.39 is 17.9 Å². The molecule has 0 radical (unpaired) electrons. The maximum absolute atomic E-state index is 12.8. The van der Waals surface area contributed by atoms with E-state index in [9.17, 15) is 14.7 Å². The average molecular weight is 343 g/mol. The van der Waals surface area contributed by atoms with E-state index in [1.54, 1.807) is 11.8 Å². The lowest BCUT2D eigenvalue weighted by atomic mass is 9.93. The van der Waals surface area contributed by atoms with Gasteiger partial charge in [-0.15, -0.1) is 10.2 Å². The summed E-state index contributed by atoms with van der Waals surface area (Å²) in [6, 6.07) is 8.77. The fraction of sp³-hybridized carbons (Fsp3) is 0.471. The molecule has 1 aliphatic rings. The summed E-state index contributed by atoms with van der Waals surface area (Å²) in [6.07, 6.45) is 1.27. The summed E-state index contributed by atoms with van der Waals surface area (Å²) in [7, 11) is 0. The minimum absolute atomic E-state index is 0.00247. The summed E-state index contributed by atoms with van der Waals surface area (Å²) in [6.45, 7) is 3.86. The van der Waals surface area contributed by atoms with Crippen molar-refractivity contribution in [2.75, 3.05) is 6.54 Å². The molecule has 3 atom stereocenters. The van der Waals surface area contributed by atoms with Gasteiger partial charge in [-0.05, 0) is 31.9 Å². The lowest BCUT2D eigenvalue weighted by Gasteiger charge is -2.37. The molecule has 0 aliphatic carbocycles. The van der Waals surface area contributed by atoms with Crippen LogP contribution in [0.15, 0.2) is 30.3 Å². The number of carbonyl (C=O) groups excluding carboxylic acids is 1. The second-order valence-corrected chi connectivity index (χ2v) is 6.43. The standard InChI is InChI=1S/C17H21N5O3/c1-11-8-9-14(17(24)25)10-21(11)16(23)12(2)22-19-15(18-20-22)13-6-4-3-5-7-13/h3-7,11-12,14H,8-10H2,1-2H3,(H,24,25). The zero-order valence-electron chi connectivity index (χ0n) is 14.2. The molecule has 1 saturated heterocycles. The number of piperidine rings is 1. The fourth-order valence-corrected chi connectivity index (χ4v) is 3.05. The number of hydrogen-bond acceptors (Lipinski definition) is 5. The van der Waals surface area contributed by atoms with E-state index in [4.69, 9.17) is 0 Å². The van der Waals surface area contributed by atoms with Gasteiger partial charge in [0, 0.05) is 18.2 Å². The summed E-state index contributed by atoms with van der Waals surface area (Å²) in [5.74, 6) is -1.11. The van der Waals surface area contributed by atoms with E-state index in [0.29, 0.717) is 18.7 Å². The van der Waals surface area contributed by atoms with Crippen LogP contribution < -0.4 is 0 Å². The molecule has 1 amide bonds. The molecule has 25 heavy (non-hydrogen) atoms. The molecule has 1 aliphatic heterocycles. The molecule has 2 heterocycles. The predicted molar refractivity (Wildman–Crippen MR) is 89.5 cm³/mol. The maximum Gasteiger partial charge on any atom is 0.308 e. The third-order valence-electron chi connectivity index (χ3n) is 4.68. The molecule has 1 aromatic carbocycles. The van der Waals surface area contributed by atoms with Gasteiger partial charge in [0.05, 0.1) is 5.92 Å². The number of rotatable bonds is 4. The van der Waals surface area contributed by atoms with Gasteiger partial charge >= 0.3 is 5.97 Å². The molecular formula is C17H21N5O3. The van der Waals surface area contributed by atoms with Crippen LogP contribution >= 0.6 is 0 Å². The van der Waals surface area contributed by atoms with Crippen LogP contribution in [0.4, 0.5) is 0 Å². The number of tetrazole rings is 1. The van der Waals surface area contributed by atoms with Gasteiger partial charge in [0.2, 0.25) is 11.7 Å². The normalized spacial score (nSPS) is 21.8. The lowest BCUT2D eigenvalue weighted by Crippen LogP contribution is -2.49. The smallest absolute Gasteiger partial charge is 0.308 e. The number of aromatic nitrogens is 4. The number of likely N-dealkylation sites (tertiary alicyclic amines) is 1. The number of carboxylic acids is 1. The number of amides is 1. The molecule has 8 nitrogen and oxygen atoms in total. The van der Waals surface area contributed by atoms with Crippen molar-refractivity contribution in [2.24, 2.45) is 5.92 Å². The molecule has 0 saturated carbocycles. The third kappa shape index (κ3) is 3.52. The van der Waals surface area contributed by atoms with E-state index in [0.717, 1.165) is 5.56 Å². The van der Waals surface area contributed by atoms with Crippen molar-refractivity contribution in [3.63, 3.8) is 0 Å². The summed E-state index contributed by atoms with van der Waals surface area (Å²) >= 11 is 0. The molecule has 1 N–H and O–H groups in total. The Labute approximate surface area is 145 Å². The number of benzene rings is 1. The van der Waals surface area contributed by atoms with Crippen molar-refractivity contribution < 1.29 is 14.7 Å². The lowest BCUT2D eigenvalue weighted by molar-refractivity contribution is -0.148. The van der Waals surface area contributed by atoms with Crippen LogP contribution in [0, 0.1) is 5.92 Å². The summed E-state index contributed by atoms with van der Waals surface area (Å²) < 4.78 is 0. The largest absolute Gasteiger partial charge is 0.481 e. The molecule has 1 fully saturated rings. The highest BCUT2D eigenvalue weighted by Crippen LogP contribution is 2.24. The molecule has 3 rings (SSSR count). The number of carboxylic acid groups (broad SMARTS) is 1. The second-order valence-electron chi connectivity index (χ2n) is 6.43.